The van der Waals surface area contributed by atoms with E-state index in [2.05, 4.69) is 15.9 Å². The first kappa shape index (κ1) is 20.0. The number of nitrogens with zero attached hydrogens (tertiary/aromatic N) is 2. The van der Waals surface area contributed by atoms with Crippen molar-refractivity contribution in [1.82, 2.24) is 4.31 Å². The predicted molar refractivity (Wildman–Crippen MR) is 105 cm³/mol. The van der Waals surface area contributed by atoms with E-state index in [9.17, 15) is 17.6 Å². The third-order valence-corrected chi connectivity index (χ3v) is 7.14. The van der Waals surface area contributed by atoms with Crippen LogP contribution in [0.2, 0.25) is 0 Å². The van der Waals surface area contributed by atoms with Crippen molar-refractivity contribution >= 4 is 37.5 Å². The molecule has 0 spiro atoms. The minimum absolute atomic E-state index is 0.142. The third-order valence-electron chi connectivity index (χ3n) is 4.73. The van der Waals surface area contributed by atoms with E-state index in [0.29, 0.717) is 25.1 Å². The predicted octanol–water partition coefficient (Wildman–Crippen LogP) is 3.65. The Morgan fingerprint density at radius 3 is 2.41 bits per heavy atom. The van der Waals surface area contributed by atoms with Gasteiger partial charge in [0.25, 0.3) is 0 Å². The number of sulfonamides is 1. The fourth-order valence-electron chi connectivity index (χ4n) is 3.18. The zero-order valence-electron chi connectivity index (χ0n) is 14.8. The second kappa shape index (κ2) is 8.08. The molecule has 1 atom stereocenters. The van der Waals surface area contributed by atoms with Gasteiger partial charge in [-0.05, 0) is 61.4 Å². The molecule has 1 unspecified atom stereocenters. The van der Waals surface area contributed by atoms with Gasteiger partial charge in [0.15, 0.2) is 0 Å². The summed E-state index contributed by atoms with van der Waals surface area (Å²) in [4.78, 5) is 14.5. The molecular weight excluding hydrogens is 435 g/mol. The molecule has 2 aromatic carbocycles. The minimum atomic E-state index is -3.65. The molecule has 2 aromatic rings. The van der Waals surface area contributed by atoms with Crippen LogP contribution in [0, 0.1) is 11.7 Å². The van der Waals surface area contributed by atoms with Crippen molar-refractivity contribution in [1.29, 1.82) is 0 Å². The first-order valence-electron chi connectivity index (χ1n) is 8.58. The zero-order valence-corrected chi connectivity index (χ0v) is 17.2. The maximum Gasteiger partial charge on any atom is 0.243 e. The molecule has 8 heteroatoms. The third kappa shape index (κ3) is 4.39. The van der Waals surface area contributed by atoms with E-state index in [1.807, 2.05) is 0 Å². The Bertz CT molecular complexity index is 917. The van der Waals surface area contributed by atoms with Crippen molar-refractivity contribution in [3.8, 4) is 0 Å². The van der Waals surface area contributed by atoms with Gasteiger partial charge in [0.2, 0.25) is 15.9 Å². The summed E-state index contributed by atoms with van der Waals surface area (Å²) in [6.45, 7) is 0.533. The summed E-state index contributed by atoms with van der Waals surface area (Å²) in [6.07, 6.45) is 1.24. The van der Waals surface area contributed by atoms with Gasteiger partial charge in [-0.2, -0.15) is 4.31 Å². The summed E-state index contributed by atoms with van der Waals surface area (Å²) in [7, 11) is -2.03. The molecule has 1 heterocycles. The molecule has 3 rings (SSSR count). The largest absolute Gasteiger partial charge is 0.315 e. The number of hydrogen-bond donors (Lipinski definition) is 0. The summed E-state index contributed by atoms with van der Waals surface area (Å²) in [5, 5.41) is 0. The zero-order chi connectivity index (χ0) is 19.6. The lowest BCUT2D eigenvalue weighted by Gasteiger charge is -2.33. The van der Waals surface area contributed by atoms with Gasteiger partial charge in [0.1, 0.15) is 5.82 Å². The number of rotatable bonds is 4. The van der Waals surface area contributed by atoms with Gasteiger partial charge >= 0.3 is 0 Å². The molecule has 0 radical (unpaired) electrons. The molecule has 0 bridgehead atoms. The van der Waals surface area contributed by atoms with Gasteiger partial charge in [0, 0.05) is 30.3 Å². The van der Waals surface area contributed by atoms with Crippen molar-refractivity contribution < 1.29 is 17.6 Å². The molecule has 0 N–H and O–H groups in total. The Kier molecular flexibility index (Phi) is 5.98. The van der Waals surface area contributed by atoms with E-state index >= 15 is 0 Å². The van der Waals surface area contributed by atoms with Crippen molar-refractivity contribution in [2.24, 2.45) is 5.92 Å². The van der Waals surface area contributed by atoms with Crippen molar-refractivity contribution in [3.63, 3.8) is 0 Å². The maximum absolute atomic E-state index is 13.1. The average Bonchev–Trinajstić information content (AvgIpc) is 2.68. The molecule has 1 aliphatic heterocycles. The Balaban J connectivity index is 1.76. The molecule has 27 heavy (non-hydrogen) atoms. The number of amides is 1. The highest BCUT2D eigenvalue weighted by Gasteiger charge is 2.34. The first-order chi connectivity index (χ1) is 12.8. The molecule has 0 aromatic heterocycles. The summed E-state index contributed by atoms with van der Waals surface area (Å²) >= 11 is 3.30. The van der Waals surface area contributed by atoms with E-state index in [1.54, 1.807) is 31.3 Å². The Morgan fingerprint density at radius 2 is 1.78 bits per heavy atom. The number of hydrogen-bond acceptors (Lipinski definition) is 3. The van der Waals surface area contributed by atoms with Gasteiger partial charge in [-0.3, -0.25) is 4.79 Å². The van der Waals surface area contributed by atoms with Crippen LogP contribution >= 0.6 is 15.9 Å². The van der Waals surface area contributed by atoms with E-state index in [1.165, 1.54) is 33.5 Å². The number of anilines is 1. The molecule has 0 aliphatic carbocycles. The first-order valence-corrected chi connectivity index (χ1v) is 10.8. The van der Waals surface area contributed by atoms with Gasteiger partial charge in [-0.1, -0.05) is 15.9 Å². The Morgan fingerprint density at radius 1 is 1.15 bits per heavy atom. The lowest BCUT2D eigenvalue weighted by Crippen LogP contribution is -2.45. The molecule has 0 saturated carbocycles. The molecule has 1 fully saturated rings. The van der Waals surface area contributed by atoms with Gasteiger partial charge in [0.05, 0.1) is 10.8 Å². The van der Waals surface area contributed by atoms with Crippen molar-refractivity contribution in [2.75, 3.05) is 25.0 Å². The summed E-state index contributed by atoms with van der Waals surface area (Å²) in [5.74, 6) is -0.972. The Hall–Kier alpha value is -1.77. The van der Waals surface area contributed by atoms with E-state index in [-0.39, 0.29) is 23.2 Å². The second-order valence-electron chi connectivity index (χ2n) is 6.53. The van der Waals surface area contributed by atoms with Crippen LogP contribution in [0.15, 0.2) is 57.9 Å². The SMILES string of the molecule is CN(C(=O)C1CCCN(S(=O)(=O)c2ccc(Br)cc2)C1)c1ccc(F)cc1. The van der Waals surface area contributed by atoms with Gasteiger partial charge in [-0.25, -0.2) is 12.8 Å². The smallest absolute Gasteiger partial charge is 0.243 e. The minimum Gasteiger partial charge on any atom is -0.315 e. The van der Waals surface area contributed by atoms with E-state index in [4.69, 9.17) is 0 Å². The van der Waals surface area contributed by atoms with Crippen LogP contribution in [0.4, 0.5) is 10.1 Å². The van der Waals surface area contributed by atoms with Crippen molar-refractivity contribution in [3.05, 3.63) is 58.8 Å². The number of piperidine rings is 1. The van der Waals surface area contributed by atoms with E-state index < -0.39 is 15.9 Å². The molecule has 1 aliphatic rings. The average molecular weight is 455 g/mol. The quantitative estimate of drug-likeness (QED) is 0.708. The van der Waals surface area contributed by atoms with Crippen LogP contribution in [-0.2, 0) is 14.8 Å². The highest BCUT2D eigenvalue weighted by molar-refractivity contribution is 9.10. The van der Waals surface area contributed by atoms with Crippen molar-refractivity contribution in [2.45, 2.75) is 17.7 Å². The molecular formula is C19H20BrFN2O3S. The van der Waals surface area contributed by atoms with Crippen LogP contribution in [-0.4, -0.2) is 38.8 Å². The van der Waals surface area contributed by atoms with Crippen LogP contribution in [0.5, 0.6) is 0 Å². The number of carbonyl (C=O) groups excluding carboxylic acids is 1. The maximum atomic E-state index is 13.1. The Labute approximate surface area is 167 Å². The van der Waals surface area contributed by atoms with E-state index in [0.717, 1.165) is 4.47 Å². The highest BCUT2D eigenvalue weighted by atomic mass is 79.9. The standard InChI is InChI=1S/C19H20BrFN2O3S/c1-22(17-8-6-16(21)7-9-17)19(24)14-3-2-12-23(13-14)27(25,26)18-10-4-15(20)5-11-18/h4-11,14H,2-3,12-13H2,1H3. The monoisotopic (exact) mass is 454 g/mol. The van der Waals surface area contributed by atoms with Crippen LogP contribution in [0.1, 0.15) is 12.8 Å². The van der Waals surface area contributed by atoms with Gasteiger partial charge in [-0.15, -0.1) is 0 Å². The fourth-order valence-corrected chi connectivity index (χ4v) is 4.97. The van der Waals surface area contributed by atoms with Crippen LogP contribution in [0.25, 0.3) is 0 Å². The molecule has 5 nitrogen and oxygen atoms in total. The highest BCUT2D eigenvalue weighted by Crippen LogP contribution is 2.27. The number of benzene rings is 2. The number of halogens is 2. The molecule has 1 amide bonds. The lowest BCUT2D eigenvalue weighted by molar-refractivity contribution is -0.123. The summed E-state index contributed by atoms with van der Waals surface area (Å²) < 4.78 is 41.0. The number of carbonyl (C=O) groups is 1. The fraction of sp³-hybridized carbons (Fsp3) is 0.316. The lowest BCUT2D eigenvalue weighted by atomic mass is 9.98. The molecule has 144 valence electrons. The summed E-state index contributed by atoms with van der Waals surface area (Å²) in [5.41, 5.74) is 0.578. The normalized spacial score (nSPS) is 18.3. The van der Waals surface area contributed by atoms with Crippen LogP contribution < -0.4 is 4.90 Å². The second-order valence-corrected chi connectivity index (χ2v) is 9.38. The topological polar surface area (TPSA) is 57.7 Å². The van der Waals surface area contributed by atoms with Crippen LogP contribution in [0.3, 0.4) is 0 Å². The summed E-state index contributed by atoms with van der Waals surface area (Å²) in [6, 6.07) is 12.1. The van der Waals surface area contributed by atoms with Gasteiger partial charge < -0.3 is 4.90 Å². The molecule has 1 saturated heterocycles.